The second kappa shape index (κ2) is 7.91. The van der Waals surface area contributed by atoms with E-state index in [2.05, 4.69) is 71.1 Å². The van der Waals surface area contributed by atoms with Crippen LogP contribution >= 0.6 is 54.3 Å². The minimum Gasteiger partial charge on any atom is -0.203 e. The van der Waals surface area contributed by atoms with Gasteiger partial charge in [-0.2, -0.15) is 4.98 Å². The zero-order valence-electron chi connectivity index (χ0n) is 14.6. The van der Waals surface area contributed by atoms with Crippen LogP contribution in [0.2, 0.25) is 39.3 Å². The molecule has 0 N–H and O–H groups in total. The summed E-state index contributed by atoms with van der Waals surface area (Å²) in [7, 11) is -2.76. The van der Waals surface area contributed by atoms with Crippen LogP contribution in [-0.4, -0.2) is 29.4 Å². The lowest BCUT2D eigenvalue weighted by Crippen LogP contribution is -2.17. The Morgan fingerprint density at radius 1 is 0.708 bits per heavy atom. The first-order valence-electron chi connectivity index (χ1n) is 7.52. The van der Waals surface area contributed by atoms with E-state index in [1.54, 1.807) is 0 Å². The molecule has 0 aliphatic rings. The molecule has 2 rings (SSSR count). The highest BCUT2D eigenvalue weighted by Crippen LogP contribution is 2.33. The van der Waals surface area contributed by atoms with Crippen molar-refractivity contribution in [1.82, 2.24) is 15.0 Å². The molecule has 0 bridgehead atoms. The topological polar surface area (TPSA) is 38.7 Å². The van der Waals surface area contributed by atoms with Crippen molar-refractivity contribution in [2.24, 2.45) is 0 Å². The van der Waals surface area contributed by atoms with Gasteiger partial charge in [-0.3, -0.25) is 0 Å². The molecule has 9 heteroatoms. The van der Waals surface area contributed by atoms with E-state index in [9.17, 15) is 0 Å². The van der Waals surface area contributed by atoms with Gasteiger partial charge in [-0.1, -0.05) is 71.1 Å². The molecule has 3 nitrogen and oxygen atoms in total. The highest BCUT2D eigenvalue weighted by molar-refractivity contribution is 9.11. The number of nitrogens with zero attached hydrogens (tertiary/aromatic N) is 3. The molecule has 0 spiro atoms. The van der Waals surface area contributed by atoms with Crippen LogP contribution in [0.5, 0.6) is 0 Å². The second-order valence-electron chi connectivity index (χ2n) is 7.31. The lowest BCUT2D eigenvalue weighted by atomic mass is 10.2. The molecule has 0 aliphatic carbocycles. The molecule has 130 valence electrons. The standard InChI is InChI=1S/C15H21Br2N3S2Si2/c1-23(2,3)21-14-18-13(10-7-11(16)9-12(17)8-10)19-15(20-14)22-24(4,5)6/h7-9H,1-6H3. The molecule has 0 unspecified atom stereocenters. The third-order valence-electron chi connectivity index (χ3n) is 2.51. The van der Waals surface area contributed by atoms with Crippen molar-refractivity contribution in [3.05, 3.63) is 27.1 Å². The molecule has 0 amide bonds. The number of hydrogen-bond donors (Lipinski definition) is 0. The number of hydrogen-bond acceptors (Lipinski definition) is 5. The molecule has 0 aliphatic heterocycles. The average Bonchev–Trinajstić information content (AvgIpc) is 2.32. The van der Waals surface area contributed by atoms with Crippen LogP contribution in [0.3, 0.4) is 0 Å². The molecule has 24 heavy (non-hydrogen) atoms. The van der Waals surface area contributed by atoms with Gasteiger partial charge in [0, 0.05) is 14.5 Å². The van der Waals surface area contributed by atoms with Gasteiger partial charge in [0.15, 0.2) is 16.1 Å². The molecule has 0 fully saturated rings. The highest BCUT2D eigenvalue weighted by atomic mass is 79.9. The Labute approximate surface area is 170 Å². The summed E-state index contributed by atoms with van der Waals surface area (Å²) < 4.78 is 2.01. The van der Waals surface area contributed by atoms with E-state index in [-0.39, 0.29) is 0 Å². The monoisotopic (exact) mass is 521 g/mol. The number of aromatic nitrogens is 3. The Morgan fingerprint density at radius 3 is 1.50 bits per heavy atom. The van der Waals surface area contributed by atoms with E-state index >= 15 is 0 Å². The summed E-state index contributed by atoms with van der Waals surface area (Å²) in [5, 5.41) is 1.69. The van der Waals surface area contributed by atoms with Gasteiger partial charge in [0.2, 0.25) is 0 Å². The quantitative estimate of drug-likeness (QED) is 0.398. The van der Waals surface area contributed by atoms with Gasteiger partial charge in [0.05, 0.1) is 0 Å². The van der Waals surface area contributed by atoms with Crippen molar-refractivity contribution in [3.63, 3.8) is 0 Å². The van der Waals surface area contributed by atoms with E-state index < -0.39 is 14.4 Å². The smallest absolute Gasteiger partial charge is 0.186 e. The summed E-state index contributed by atoms with van der Waals surface area (Å²) in [5.41, 5.74) is 0.994. The van der Waals surface area contributed by atoms with Gasteiger partial charge in [-0.25, -0.2) is 9.97 Å². The van der Waals surface area contributed by atoms with Gasteiger partial charge < -0.3 is 0 Å². The van der Waals surface area contributed by atoms with Crippen LogP contribution < -0.4 is 0 Å². The van der Waals surface area contributed by atoms with Crippen molar-refractivity contribution in [2.45, 2.75) is 49.6 Å². The van der Waals surface area contributed by atoms with Gasteiger partial charge in [-0.05, 0) is 18.2 Å². The minimum absolute atomic E-state index is 0.744. The number of rotatable bonds is 5. The van der Waals surface area contributed by atoms with Crippen molar-refractivity contribution in [3.8, 4) is 11.4 Å². The van der Waals surface area contributed by atoms with Crippen LogP contribution in [0.25, 0.3) is 11.4 Å². The predicted octanol–water partition coefficient (Wildman–Crippen LogP) is 6.92. The van der Waals surface area contributed by atoms with E-state index in [1.807, 2.05) is 40.6 Å². The maximum atomic E-state index is 4.74. The molecule has 2 aromatic rings. The lowest BCUT2D eigenvalue weighted by molar-refractivity contribution is 0.814. The molecule has 0 atom stereocenters. The number of benzene rings is 1. The molecular formula is C15H21Br2N3S2Si2. The SMILES string of the molecule is C[Si](C)(C)Sc1nc(S[Si](C)(C)C)nc(-c2cc(Br)cc(Br)c2)n1. The van der Waals surface area contributed by atoms with Gasteiger partial charge in [-0.15, -0.1) is 22.4 Å². The Kier molecular flexibility index (Phi) is 6.80. The van der Waals surface area contributed by atoms with Crippen molar-refractivity contribution in [2.75, 3.05) is 0 Å². The fourth-order valence-corrected chi connectivity index (χ4v) is 8.60. The second-order valence-corrected chi connectivity index (χ2v) is 27.3. The van der Waals surface area contributed by atoms with Crippen LogP contribution in [0.1, 0.15) is 0 Å². The number of halogens is 2. The molecule has 0 saturated heterocycles. The first kappa shape index (κ1) is 20.6. The Balaban J connectivity index is 2.53. The molecule has 0 saturated carbocycles. The summed E-state index contributed by atoms with van der Waals surface area (Å²) in [6.45, 7) is 13.8. The van der Waals surface area contributed by atoms with Crippen LogP contribution in [0.15, 0.2) is 37.5 Å². The largest absolute Gasteiger partial charge is 0.203 e. The van der Waals surface area contributed by atoms with Gasteiger partial charge >= 0.3 is 0 Å². The first-order valence-corrected chi connectivity index (χ1v) is 19.2. The summed E-state index contributed by atoms with van der Waals surface area (Å²) in [5.74, 6) is 0.744. The zero-order valence-corrected chi connectivity index (χ0v) is 21.5. The van der Waals surface area contributed by atoms with Gasteiger partial charge in [0.1, 0.15) is 14.4 Å². The Bertz CT molecular complexity index is 692. The molecular weight excluding hydrogens is 502 g/mol. The van der Waals surface area contributed by atoms with E-state index in [0.29, 0.717) is 0 Å². The van der Waals surface area contributed by atoms with E-state index in [0.717, 1.165) is 30.6 Å². The van der Waals surface area contributed by atoms with E-state index in [1.165, 1.54) is 0 Å². The third kappa shape index (κ3) is 6.91. The third-order valence-corrected chi connectivity index (χ3v) is 10.2. The van der Waals surface area contributed by atoms with Gasteiger partial charge in [0.25, 0.3) is 0 Å². The normalized spacial score (nSPS) is 12.5. The summed E-state index contributed by atoms with van der Waals surface area (Å²) in [4.78, 5) is 14.2. The fourth-order valence-electron chi connectivity index (χ4n) is 1.79. The lowest BCUT2D eigenvalue weighted by Gasteiger charge is -2.17. The average molecular weight is 523 g/mol. The summed E-state index contributed by atoms with van der Waals surface area (Å²) >= 11 is 10.7. The maximum absolute atomic E-state index is 4.74. The predicted molar refractivity (Wildman–Crippen MR) is 119 cm³/mol. The van der Waals surface area contributed by atoms with Crippen LogP contribution in [-0.2, 0) is 0 Å². The van der Waals surface area contributed by atoms with Crippen molar-refractivity contribution in [1.29, 1.82) is 0 Å². The Morgan fingerprint density at radius 2 is 1.12 bits per heavy atom. The highest BCUT2D eigenvalue weighted by Gasteiger charge is 2.22. The first-order chi connectivity index (χ1) is 10.9. The summed E-state index contributed by atoms with van der Waals surface area (Å²) in [6, 6.07) is 6.11. The molecule has 1 heterocycles. The van der Waals surface area contributed by atoms with Crippen molar-refractivity contribution >= 4 is 68.7 Å². The van der Waals surface area contributed by atoms with E-state index in [4.69, 9.17) is 15.0 Å². The molecule has 1 aromatic carbocycles. The molecule has 0 radical (unpaired) electrons. The zero-order chi connectivity index (χ0) is 18.1. The van der Waals surface area contributed by atoms with Crippen LogP contribution in [0, 0.1) is 0 Å². The van der Waals surface area contributed by atoms with Crippen LogP contribution in [0.4, 0.5) is 0 Å². The molecule has 1 aromatic heterocycles. The summed E-state index contributed by atoms with van der Waals surface area (Å²) in [6.07, 6.45) is 0. The maximum Gasteiger partial charge on any atom is 0.186 e. The van der Waals surface area contributed by atoms with Crippen molar-refractivity contribution < 1.29 is 0 Å². The minimum atomic E-state index is -1.38. The Hall–Kier alpha value is 0.324. The fraction of sp³-hybridized carbons (Fsp3) is 0.400.